The van der Waals surface area contributed by atoms with Crippen molar-refractivity contribution in [3.8, 4) is 0 Å². The SMILES string of the molecule is CC(C)(c1ccccc1)c1ccc(N(c2ccccc2)c2cccc(N(c3ccc4c5ccccc5c5oc6ccccc6c5c4c3)c3ccccc3N(c3ccccc3)c3ccccc3)c2)cc1. The van der Waals surface area contributed by atoms with Crippen LogP contribution in [-0.2, 0) is 5.41 Å². The Bertz CT molecular complexity index is 3720. The molecular weight excluding hydrogens is 839 g/mol. The van der Waals surface area contributed by atoms with Crippen LogP contribution >= 0.6 is 0 Å². The Labute approximate surface area is 403 Å². The number of nitrogens with zero attached hydrogens (tertiary/aromatic N) is 3. The maximum absolute atomic E-state index is 6.74. The number of furan rings is 1. The molecule has 0 spiro atoms. The molecule has 0 bridgehead atoms. The first-order valence-electron chi connectivity index (χ1n) is 23.7. The quantitative estimate of drug-likeness (QED) is 0.121. The summed E-state index contributed by atoms with van der Waals surface area (Å²) in [6.07, 6.45) is 0. The van der Waals surface area contributed by atoms with Crippen molar-refractivity contribution < 1.29 is 4.42 Å². The fraction of sp³-hybridized carbons (Fsp3) is 0.0462. The Kier molecular flexibility index (Phi) is 10.5. The van der Waals surface area contributed by atoms with Gasteiger partial charge in [-0.3, -0.25) is 0 Å². The minimum Gasteiger partial charge on any atom is -0.455 e. The molecule has 11 aromatic carbocycles. The highest BCUT2D eigenvalue weighted by molar-refractivity contribution is 6.30. The van der Waals surface area contributed by atoms with Gasteiger partial charge in [0, 0.05) is 61.4 Å². The molecule has 0 saturated carbocycles. The van der Waals surface area contributed by atoms with E-state index in [0.29, 0.717) is 0 Å². The Morgan fingerprint density at radius 1 is 0.290 bits per heavy atom. The second-order valence-electron chi connectivity index (χ2n) is 18.1. The Morgan fingerprint density at radius 3 is 1.32 bits per heavy atom. The summed E-state index contributed by atoms with van der Waals surface area (Å²) in [6, 6.07) is 93.6. The molecule has 0 radical (unpaired) electrons. The van der Waals surface area contributed by atoms with Gasteiger partial charge in [-0.1, -0.05) is 178 Å². The Morgan fingerprint density at radius 2 is 0.696 bits per heavy atom. The molecule has 0 aliphatic carbocycles. The van der Waals surface area contributed by atoms with E-state index in [0.717, 1.165) is 89.3 Å². The van der Waals surface area contributed by atoms with Crippen LogP contribution in [0.4, 0.5) is 51.2 Å². The van der Waals surface area contributed by atoms with Crippen LogP contribution in [0.3, 0.4) is 0 Å². The average Bonchev–Trinajstić information content (AvgIpc) is 3.81. The van der Waals surface area contributed by atoms with E-state index in [9.17, 15) is 0 Å². The zero-order valence-corrected chi connectivity index (χ0v) is 38.6. The third-order valence-corrected chi connectivity index (χ3v) is 13.7. The van der Waals surface area contributed by atoms with Gasteiger partial charge in [0.1, 0.15) is 11.2 Å². The van der Waals surface area contributed by atoms with Gasteiger partial charge in [-0.2, -0.15) is 0 Å². The first kappa shape index (κ1) is 41.6. The summed E-state index contributed by atoms with van der Waals surface area (Å²) in [5, 5.41) is 6.81. The molecule has 69 heavy (non-hydrogen) atoms. The molecule has 0 saturated heterocycles. The molecule has 0 fully saturated rings. The van der Waals surface area contributed by atoms with Crippen LogP contribution in [-0.4, -0.2) is 0 Å². The maximum Gasteiger partial charge on any atom is 0.143 e. The van der Waals surface area contributed by atoms with Gasteiger partial charge in [-0.05, 0) is 124 Å². The van der Waals surface area contributed by atoms with Crippen LogP contribution in [0.25, 0.3) is 43.5 Å². The largest absolute Gasteiger partial charge is 0.455 e. The van der Waals surface area contributed by atoms with Crippen LogP contribution in [0, 0.1) is 0 Å². The lowest BCUT2D eigenvalue weighted by atomic mass is 9.78. The van der Waals surface area contributed by atoms with Crippen LogP contribution in [0.15, 0.2) is 265 Å². The number of benzene rings is 11. The highest BCUT2D eigenvalue weighted by atomic mass is 16.3. The number of hydrogen-bond acceptors (Lipinski definition) is 4. The third kappa shape index (κ3) is 7.44. The summed E-state index contributed by atoms with van der Waals surface area (Å²) < 4.78 is 6.74. The first-order valence-corrected chi connectivity index (χ1v) is 23.7. The second-order valence-corrected chi connectivity index (χ2v) is 18.1. The summed E-state index contributed by atoms with van der Waals surface area (Å²) in [7, 11) is 0. The molecule has 4 heteroatoms. The van der Waals surface area contributed by atoms with Gasteiger partial charge in [-0.25, -0.2) is 0 Å². The lowest BCUT2D eigenvalue weighted by molar-refractivity contribution is 0.641. The molecule has 330 valence electrons. The molecule has 0 unspecified atom stereocenters. The summed E-state index contributed by atoms with van der Waals surface area (Å²) in [6.45, 7) is 4.60. The summed E-state index contributed by atoms with van der Waals surface area (Å²) >= 11 is 0. The van der Waals surface area contributed by atoms with Gasteiger partial charge in [0.15, 0.2) is 0 Å². The van der Waals surface area contributed by atoms with Crippen molar-refractivity contribution in [2.75, 3.05) is 14.7 Å². The number of fused-ring (bicyclic) bond motifs is 8. The minimum absolute atomic E-state index is 0.168. The maximum atomic E-state index is 6.74. The summed E-state index contributed by atoms with van der Waals surface area (Å²) in [5.74, 6) is 0. The van der Waals surface area contributed by atoms with Crippen LogP contribution in [0.1, 0.15) is 25.0 Å². The second kappa shape index (κ2) is 17.4. The molecule has 4 nitrogen and oxygen atoms in total. The Hall–Kier alpha value is -8.86. The molecule has 12 rings (SSSR count). The molecular formula is C65H49N3O. The topological polar surface area (TPSA) is 22.9 Å². The zero-order chi connectivity index (χ0) is 46.3. The molecule has 0 atom stereocenters. The van der Waals surface area contributed by atoms with E-state index in [1.165, 1.54) is 16.5 Å². The average molecular weight is 888 g/mol. The number of rotatable bonds is 11. The predicted octanol–water partition coefficient (Wildman–Crippen LogP) is 18.6. The lowest BCUT2D eigenvalue weighted by Crippen LogP contribution is -2.19. The van der Waals surface area contributed by atoms with Gasteiger partial charge in [0.2, 0.25) is 0 Å². The van der Waals surface area contributed by atoms with E-state index < -0.39 is 0 Å². The fourth-order valence-electron chi connectivity index (χ4n) is 10.2. The minimum atomic E-state index is -0.168. The molecule has 0 amide bonds. The van der Waals surface area contributed by atoms with Crippen molar-refractivity contribution in [3.63, 3.8) is 0 Å². The van der Waals surface area contributed by atoms with Gasteiger partial charge >= 0.3 is 0 Å². The van der Waals surface area contributed by atoms with Crippen molar-refractivity contribution in [2.24, 2.45) is 0 Å². The van der Waals surface area contributed by atoms with Crippen LogP contribution in [0.5, 0.6) is 0 Å². The van der Waals surface area contributed by atoms with Crippen molar-refractivity contribution in [1.29, 1.82) is 0 Å². The van der Waals surface area contributed by atoms with Crippen molar-refractivity contribution in [1.82, 2.24) is 0 Å². The highest BCUT2D eigenvalue weighted by Crippen LogP contribution is 2.49. The molecule has 0 aliphatic rings. The lowest BCUT2D eigenvalue weighted by Gasteiger charge is -2.34. The van der Waals surface area contributed by atoms with E-state index in [2.05, 4.69) is 289 Å². The summed E-state index contributed by atoms with van der Waals surface area (Å²) in [4.78, 5) is 7.15. The van der Waals surface area contributed by atoms with Gasteiger partial charge < -0.3 is 19.1 Å². The van der Waals surface area contributed by atoms with E-state index >= 15 is 0 Å². The van der Waals surface area contributed by atoms with Gasteiger partial charge in [0.25, 0.3) is 0 Å². The molecule has 1 heterocycles. The van der Waals surface area contributed by atoms with Crippen LogP contribution < -0.4 is 14.7 Å². The molecule has 12 aromatic rings. The fourth-order valence-corrected chi connectivity index (χ4v) is 10.2. The standard InChI is InChI=1S/C65H49N3O/c1-65(2,46-22-7-3-8-23-46)47-38-40-51(41-39-47)66(48-24-9-4-10-25-48)52-30-21-31-53(44-52)68(61-36-19-18-35-60(61)67(49-26-11-5-12-27-49)50-28-13-6-14-29-50)54-42-43-56-55-32-15-16-33-57(55)64-63(59(56)45-54)58-34-17-20-37-62(58)69-64/h3-45H,1-2H3. The number of para-hydroxylation sites is 6. The monoisotopic (exact) mass is 887 g/mol. The predicted molar refractivity (Wildman–Crippen MR) is 291 cm³/mol. The van der Waals surface area contributed by atoms with Crippen molar-refractivity contribution in [2.45, 2.75) is 19.3 Å². The van der Waals surface area contributed by atoms with E-state index in [1.54, 1.807) is 0 Å². The van der Waals surface area contributed by atoms with Gasteiger partial charge in [-0.15, -0.1) is 0 Å². The van der Waals surface area contributed by atoms with E-state index in [1.807, 2.05) is 0 Å². The van der Waals surface area contributed by atoms with Crippen molar-refractivity contribution in [3.05, 3.63) is 272 Å². The molecule has 0 N–H and O–H groups in total. The number of hydrogen-bond donors (Lipinski definition) is 0. The molecule has 0 aliphatic heterocycles. The normalized spacial score (nSPS) is 11.6. The first-order chi connectivity index (χ1) is 34.0. The smallest absolute Gasteiger partial charge is 0.143 e. The highest BCUT2D eigenvalue weighted by Gasteiger charge is 2.26. The van der Waals surface area contributed by atoms with Crippen LogP contribution in [0.2, 0.25) is 0 Å². The van der Waals surface area contributed by atoms with E-state index in [4.69, 9.17) is 4.42 Å². The Balaban J connectivity index is 1.09. The van der Waals surface area contributed by atoms with Gasteiger partial charge in [0.05, 0.1) is 11.4 Å². The number of anilines is 9. The zero-order valence-electron chi connectivity index (χ0n) is 38.6. The summed E-state index contributed by atoms with van der Waals surface area (Å²) in [5.41, 5.74) is 13.6. The van der Waals surface area contributed by atoms with E-state index in [-0.39, 0.29) is 5.41 Å². The van der Waals surface area contributed by atoms with Crippen molar-refractivity contribution >= 4 is 94.7 Å². The molecule has 1 aromatic heterocycles. The third-order valence-electron chi connectivity index (χ3n) is 13.7.